The topological polar surface area (TPSA) is 91.8 Å². The van der Waals surface area contributed by atoms with Crippen molar-refractivity contribution in [1.82, 2.24) is 4.98 Å². The summed E-state index contributed by atoms with van der Waals surface area (Å²) in [6.07, 6.45) is 1.59. The van der Waals surface area contributed by atoms with Crippen LogP contribution in [0, 0.1) is 28.4 Å². The number of non-ortho nitro benzene ring substituents is 1. The lowest BCUT2D eigenvalue weighted by molar-refractivity contribution is -0.384. The average molecular weight is 397 g/mol. The highest BCUT2D eigenvalue weighted by Gasteiger charge is 2.11. The zero-order chi connectivity index (χ0) is 19.4. The van der Waals surface area contributed by atoms with Gasteiger partial charge < -0.3 is 5.32 Å². The first-order chi connectivity index (χ1) is 13.0. The van der Waals surface area contributed by atoms with E-state index >= 15 is 0 Å². The van der Waals surface area contributed by atoms with Gasteiger partial charge in [-0.3, -0.25) is 10.1 Å². The Hall–Kier alpha value is -3.21. The van der Waals surface area contributed by atoms with Gasteiger partial charge in [0, 0.05) is 40.0 Å². The van der Waals surface area contributed by atoms with Crippen LogP contribution in [0.2, 0.25) is 5.02 Å². The van der Waals surface area contributed by atoms with Crippen LogP contribution in [-0.2, 0) is 0 Å². The van der Waals surface area contributed by atoms with Crippen LogP contribution in [0.4, 0.5) is 11.4 Å². The number of allylic oxidation sites excluding steroid dienone is 1. The van der Waals surface area contributed by atoms with E-state index < -0.39 is 4.92 Å². The van der Waals surface area contributed by atoms with Crippen LogP contribution in [0.15, 0.2) is 54.0 Å². The molecule has 0 amide bonds. The van der Waals surface area contributed by atoms with Gasteiger partial charge in [-0.25, -0.2) is 4.98 Å². The van der Waals surface area contributed by atoms with E-state index in [1.807, 2.05) is 24.4 Å². The van der Waals surface area contributed by atoms with Crippen LogP contribution >= 0.6 is 22.9 Å². The number of nitro benzene ring substituents is 1. The number of benzene rings is 2. The van der Waals surface area contributed by atoms with Crippen molar-refractivity contribution in [2.24, 2.45) is 0 Å². The van der Waals surface area contributed by atoms with Gasteiger partial charge in [0.05, 0.1) is 10.6 Å². The number of rotatable bonds is 5. The molecule has 0 bridgehead atoms. The summed E-state index contributed by atoms with van der Waals surface area (Å²) >= 11 is 7.43. The average Bonchev–Trinajstić information content (AvgIpc) is 3.15. The largest absolute Gasteiger partial charge is 0.360 e. The molecule has 0 aliphatic carbocycles. The van der Waals surface area contributed by atoms with Crippen LogP contribution in [0.25, 0.3) is 16.8 Å². The number of nitro groups is 1. The fourth-order valence-electron chi connectivity index (χ4n) is 2.34. The van der Waals surface area contributed by atoms with Crippen LogP contribution in [0.3, 0.4) is 0 Å². The number of nitrogens with zero attached hydrogens (tertiary/aromatic N) is 3. The summed E-state index contributed by atoms with van der Waals surface area (Å²) in [5, 5.41) is 26.3. The highest BCUT2D eigenvalue weighted by Crippen LogP contribution is 2.28. The Labute approximate surface area is 164 Å². The van der Waals surface area contributed by atoms with E-state index in [2.05, 4.69) is 16.4 Å². The van der Waals surface area contributed by atoms with Gasteiger partial charge >= 0.3 is 0 Å². The Morgan fingerprint density at radius 2 is 2.07 bits per heavy atom. The second kappa shape index (κ2) is 7.99. The SMILES string of the molecule is Cc1c(Cl)cccc1N/C=C(\C#N)c1nc(-c2ccc([N+](=O)[O-])cc2)cs1. The molecular weight excluding hydrogens is 384 g/mol. The van der Waals surface area contributed by atoms with Crippen LogP contribution in [-0.4, -0.2) is 9.91 Å². The van der Waals surface area contributed by atoms with Crippen molar-refractivity contribution in [3.8, 4) is 17.3 Å². The van der Waals surface area contributed by atoms with Crippen molar-refractivity contribution in [3.05, 3.63) is 79.8 Å². The second-order valence-corrected chi connectivity index (χ2v) is 6.83. The molecule has 6 nitrogen and oxygen atoms in total. The minimum atomic E-state index is -0.448. The van der Waals surface area contributed by atoms with E-state index in [4.69, 9.17) is 11.6 Å². The van der Waals surface area contributed by atoms with Gasteiger partial charge in [0.15, 0.2) is 0 Å². The number of aromatic nitrogens is 1. The first kappa shape index (κ1) is 18.6. The maximum atomic E-state index is 10.7. The van der Waals surface area contributed by atoms with Crippen molar-refractivity contribution < 1.29 is 4.92 Å². The van der Waals surface area contributed by atoms with Crippen LogP contribution in [0.1, 0.15) is 10.6 Å². The molecule has 0 aliphatic heterocycles. The lowest BCUT2D eigenvalue weighted by Crippen LogP contribution is -1.94. The molecule has 1 aromatic heterocycles. The van der Waals surface area contributed by atoms with Crippen molar-refractivity contribution in [3.63, 3.8) is 0 Å². The third-order valence-corrected chi connectivity index (χ3v) is 5.15. The third kappa shape index (κ3) is 4.14. The Morgan fingerprint density at radius 3 is 2.74 bits per heavy atom. The summed E-state index contributed by atoms with van der Waals surface area (Å²) in [4.78, 5) is 14.8. The normalized spacial score (nSPS) is 11.1. The molecule has 2 aromatic carbocycles. The number of nitrogens with one attached hydrogen (secondary N) is 1. The van der Waals surface area contributed by atoms with E-state index in [0.29, 0.717) is 21.3 Å². The summed E-state index contributed by atoms with van der Waals surface area (Å²) in [6, 6.07) is 13.8. The number of nitriles is 1. The highest BCUT2D eigenvalue weighted by molar-refractivity contribution is 7.11. The van der Waals surface area contributed by atoms with Crippen LogP contribution in [0.5, 0.6) is 0 Å². The number of hydrogen-bond acceptors (Lipinski definition) is 6. The maximum absolute atomic E-state index is 10.7. The minimum absolute atomic E-state index is 0.0212. The highest BCUT2D eigenvalue weighted by atomic mass is 35.5. The fourth-order valence-corrected chi connectivity index (χ4v) is 3.31. The summed E-state index contributed by atoms with van der Waals surface area (Å²) in [6.45, 7) is 1.89. The van der Waals surface area contributed by atoms with Crippen LogP contribution < -0.4 is 5.32 Å². The summed E-state index contributed by atoms with van der Waals surface area (Å²) in [7, 11) is 0. The first-order valence-corrected chi connectivity index (χ1v) is 9.08. The lowest BCUT2D eigenvalue weighted by atomic mass is 10.1. The van der Waals surface area contributed by atoms with E-state index in [1.54, 1.807) is 24.4 Å². The molecule has 0 unspecified atom stereocenters. The summed E-state index contributed by atoms with van der Waals surface area (Å²) < 4.78 is 0. The molecule has 1 heterocycles. The molecule has 0 radical (unpaired) electrons. The van der Waals surface area contributed by atoms with E-state index in [-0.39, 0.29) is 5.69 Å². The van der Waals surface area contributed by atoms with Gasteiger partial charge in [0.25, 0.3) is 5.69 Å². The van der Waals surface area contributed by atoms with Gasteiger partial charge in [-0.15, -0.1) is 11.3 Å². The molecular formula is C19H13ClN4O2S. The first-order valence-electron chi connectivity index (χ1n) is 7.82. The molecule has 0 spiro atoms. The quantitative estimate of drug-likeness (QED) is 0.341. The Bertz CT molecular complexity index is 1070. The molecule has 0 atom stereocenters. The lowest BCUT2D eigenvalue weighted by Gasteiger charge is -2.07. The van der Waals surface area contributed by atoms with E-state index in [9.17, 15) is 15.4 Å². The van der Waals surface area contributed by atoms with Crippen molar-refractivity contribution in [2.75, 3.05) is 5.32 Å². The van der Waals surface area contributed by atoms with E-state index in [0.717, 1.165) is 16.8 Å². The predicted molar refractivity (Wildman–Crippen MR) is 108 cm³/mol. The standard InChI is InChI=1S/C19H13ClN4O2S/c1-12-16(20)3-2-4-17(12)22-10-14(9-21)19-23-18(11-27-19)13-5-7-15(8-6-13)24(25)26/h2-8,10-11,22H,1H3/b14-10+. The van der Waals surface area contributed by atoms with Gasteiger partial charge in [-0.2, -0.15) is 5.26 Å². The molecule has 3 aromatic rings. The molecule has 27 heavy (non-hydrogen) atoms. The molecule has 3 rings (SSSR count). The summed E-state index contributed by atoms with van der Waals surface area (Å²) in [5.41, 5.74) is 3.50. The predicted octanol–water partition coefficient (Wildman–Crippen LogP) is 5.66. The molecule has 134 valence electrons. The molecule has 0 saturated heterocycles. The molecule has 0 saturated carbocycles. The maximum Gasteiger partial charge on any atom is 0.269 e. The molecule has 0 aliphatic rings. The number of halogens is 1. The zero-order valence-electron chi connectivity index (χ0n) is 14.1. The van der Waals surface area contributed by atoms with Gasteiger partial charge in [-0.1, -0.05) is 17.7 Å². The Morgan fingerprint density at radius 1 is 1.33 bits per heavy atom. The monoisotopic (exact) mass is 396 g/mol. The minimum Gasteiger partial charge on any atom is -0.360 e. The third-order valence-electron chi connectivity index (χ3n) is 3.87. The number of anilines is 1. The molecule has 1 N–H and O–H groups in total. The van der Waals surface area contributed by atoms with Gasteiger partial charge in [0.2, 0.25) is 0 Å². The molecule has 0 fully saturated rings. The smallest absolute Gasteiger partial charge is 0.269 e. The van der Waals surface area contributed by atoms with E-state index in [1.165, 1.54) is 23.5 Å². The van der Waals surface area contributed by atoms with Crippen molar-refractivity contribution in [1.29, 1.82) is 5.26 Å². The Balaban J connectivity index is 1.84. The molecule has 8 heteroatoms. The fraction of sp³-hybridized carbons (Fsp3) is 0.0526. The van der Waals surface area contributed by atoms with Gasteiger partial charge in [-0.05, 0) is 36.8 Å². The second-order valence-electron chi connectivity index (χ2n) is 5.57. The Kier molecular flexibility index (Phi) is 5.50. The van der Waals surface area contributed by atoms with Crippen molar-refractivity contribution in [2.45, 2.75) is 6.92 Å². The van der Waals surface area contributed by atoms with Gasteiger partial charge in [0.1, 0.15) is 16.6 Å². The number of hydrogen-bond donors (Lipinski definition) is 1. The number of thiazole rings is 1. The van der Waals surface area contributed by atoms with Crippen molar-refractivity contribution >= 4 is 39.9 Å². The zero-order valence-corrected chi connectivity index (χ0v) is 15.7. The summed E-state index contributed by atoms with van der Waals surface area (Å²) in [5.74, 6) is 0.